The van der Waals surface area contributed by atoms with Crippen molar-refractivity contribution in [3.8, 4) is 0 Å². The molecule has 0 spiro atoms. The van der Waals surface area contributed by atoms with Gasteiger partial charge in [-0.3, -0.25) is 4.90 Å². The van der Waals surface area contributed by atoms with Crippen LogP contribution in [0.5, 0.6) is 0 Å². The van der Waals surface area contributed by atoms with Gasteiger partial charge in [-0.05, 0) is 57.2 Å². The Kier molecular flexibility index (Phi) is 5.43. The summed E-state index contributed by atoms with van der Waals surface area (Å²) in [6.45, 7) is 6.32. The van der Waals surface area contributed by atoms with Crippen LogP contribution >= 0.6 is 11.3 Å². The summed E-state index contributed by atoms with van der Waals surface area (Å²) in [5.41, 5.74) is 7.21. The smallest absolute Gasteiger partial charge is 0.0274 e. The number of aryl methyl sites for hydroxylation is 1. The van der Waals surface area contributed by atoms with Gasteiger partial charge in [0.2, 0.25) is 0 Å². The van der Waals surface area contributed by atoms with Crippen molar-refractivity contribution in [2.75, 3.05) is 7.05 Å². The molecule has 0 aromatic carbocycles. The van der Waals surface area contributed by atoms with Gasteiger partial charge in [-0.1, -0.05) is 13.3 Å². The molecule has 0 aliphatic heterocycles. The predicted octanol–water partition coefficient (Wildman–Crippen LogP) is 3.92. The lowest BCUT2D eigenvalue weighted by molar-refractivity contribution is 0.157. The van der Waals surface area contributed by atoms with Crippen LogP contribution in [0.4, 0.5) is 0 Å². The number of hydrogen-bond acceptors (Lipinski definition) is 3. The molecule has 1 saturated carbocycles. The highest BCUT2D eigenvalue weighted by Crippen LogP contribution is 2.30. The Labute approximate surface area is 122 Å². The van der Waals surface area contributed by atoms with Gasteiger partial charge in [0.25, 0.3) is 0 Å². The van der Waals surface area contributed by atoms with E-state index in [0.717, 1.165) is 18.5 Å². The highest BCUT2D eigenvalue weighted by atomic mass is 32.1. The minimum Gasteiger partial charge on any atom is -0.326 e. The lowest BCUT2D eigenvalue weighted by Gasteiger charge is -2.34. The Morgan fingerprint density at radius 3 is 2.53 bits per heavy atom. The van der Waals surface area contributed by atoms with Crippen molar-refractivity contribution in [3.63, 3.8) is 0 Å². The highest BCUT2D eigenvalue weighted by molar-refractivity contribution is 7.12. The van der Waals surface area contributed by atoms with E-state index in [1.54, 1.807) is 0 Å². The van der Waals surface area contributed by atoms with Crippen LogP contribution in [-0.4, -0.2) is 18.0 Å². The maximum Gasteiger partial charge on any atom is 0.0274 e. The highest BCUT2D eigenvalue weighted by Gasteiger charge is 2.23. The molecule has 0 atom stereocenters. The van der Waals surface area contributed by atoms with Crippen molar-refractivity contribution in [3.05, 3.63) is 21.4 Å². The zero-order valence-electron chi connectivity index (χ0n) is 12.6. The number of hydrogen-bond donors (Lipinski definition) is 1. The first-order valence-corrected chi connectivity index (χ1v) is 8.44. The molecule has 108 valence electrons. The van der Waals surface area contributed by atoms with Gasteiger partial charge >= 0.3 is 0 Å². The molecule has 3 heteroatoms. The third-order valence-corrected chi connectivity index (χ3v) is 5.82. The number of nitrogens with zero attached hydrogens (tertiary/aromatic N) is 1. The lowest BCUT2D eigenvalue weighted by Crippen LogP contribution is -2.34. The molecule has 0 amide bonds. The standard InChI is InChI=1S/C16H28N2S/c1-4-13-5-7-15(8-6-13)18(3)11-14-9-16(10-17)19-12(14)2/h9,13,15H,4-8,10-11,17H2,1-3H3. The Morgan fingerprint density at radius 2 is 2.00 bits per heavy atom. The first kappa shape index (κ1) is 15.0. The van der Waals surface area contributed by atoms with E-state index in [4.69, 9.17) is 5.73 Å². The van der Waals surface area contributed by atoms with Crippen LogP contribution in [0.3, 0.4) is 0 Å². The van der Waals surface area contributed by atoms with E-state index in [1.165, 1.54) is 47.4 Å². The first-order valence-electron chi connectivity index (χ1n) is 7.62. The first-order chi connectivity index (χ1) is 9.13. The van der Waals surface area contributed by atoms with Crippen LogP contribution in [0.1, 0.15) is 54.3 Å². The van der Waals surface area contributed by atoms with Crippen molar-refractivity contribution in [2.24, 2.45) is 11.7 Å². The van der Waals surface area contributed by atoms with Crippen LogP contribution in [-0.2, 0) is 13.1 Å². The summed E-state index contributed by atoms with van der Waals surface area (Å²) in [5, 5.41) is 0. The molecule has 1 aliphatic rings. The zero-order chi connectivity index (χ0) is 13.8. The number of rotatable bonds is 5. The molecule has 1 fully saturated rings. The second-order valence-corrected chi connectivity index (χ2v) is 7.34. The minimum atomic E-state index is 0.677. The van der Waals surface area contributed by atoms with E-state index in [1.807, 2.05) is 11.3 Å². The molecule has 1 aliphatic carbocycles. The Hall–Kier alpha value is -0.380. The van der Waals surface area contributed by atoms with Crippen molar-refractivity contribution in [2.45, 2.75) is 65.1 Å². The quantitative estimate of drug-likeness (QED) is 0.886. The van der Waals surface area contributed by atoms with Gasteiger partial charge in [-0.25, -0.2) is 0 Å². The molecule has 0 saturated heterocycles. The van der Waals surface area contributed by atoms with E-state index in [9.17, 15) is 0 Å². The normalized spacial score (nSPS) is 24.1. The summed E-state index contributed by atoms with van der Waals surface area (Å²) in [7, 11) is 2.29. The summed E-state index contributed by atoms with van der Waals surface area (Å²) in [6.07, 6.45) is 6.95. The van der Waals surface area contributed by atoms with Gasteiger partial charge in [-0.2, -0.15) is 0 Å². The van der Waals surface area contributed by atoms with Crippen molar-refractivity contribution in [1.29, 1.82) is 0 Å². The molecule has 1 aromatic rings. The average molecular weight is 280 g/mol. The van der Waals surface area contributed by atoms with E-state index in [2.05, 4.69) is 31.9 Å². The fourth-order valence-corrected chi connectivity index (χ4v) is 4.17. The van der Waals surface area contributed by atoms with Crippen LogP contribution in [0, 0.1) is 12.8 Å². The second-order valence-electron chi connectivity index (χ2n) is 6.00. The summed E-state index contributed by atoms with van der Waals surface area (Å²) in [5.74, 6) is 0.983. The fourth-order valence-electron chi connectivity index (χ4n) is 3.24. The fraction of sp³-hybridized carbons (Fsp3) is 0.750. The lowest BCUT2D eigenvalue weighted by atomic mass is 9.84. The third-order valence-electron chi connectivity index (χ3n) is 4.71. The minimum absolute atomic E-state index is 0.677. The average Bonchev–Trinajstić information content (AvgIpc) is 2.79. The third kappa shape index (κ3) is 3.80. The molecule has 2 N–H and O–H groups in total. The van der Waals surface area contributed by atoms with Crippen LogP contribution in [0.2, 0.25) is 0 Å². The number of nitrogens with two attached hydrogens (primary N) is 1. The molecule has 0 unspecified atom stereocenters. The van der Waals surface area contributed by atoms with Crippen LogP contribution in [0.15, 0.2) is 6.07 Å². The molecular formula is C16H28N2S. The monoisotopic (exact) mass is 280 g/mol. The molecule has 2 rings (SSSR count). The number of thiophene rings is 1. The largest absolute Gasteiger partial charge is 0.326 e. The SMILES string of the molecule is CCC1CCC(N(C)Cc2cc(CN)sc2C)CC1. The van der Waals surface area contributed by atoms with Gasteiger partial charge in [0.15, 0.2) is 0 Å². The van der Waals surface area contributed by atoms with Crippen molar-refractivity contribution < 1.29 is 0 Å². The molecule has 1 heterocycles. The van der Waals surface area contributed by atoms with Gasteiger partial charge in [0, 0.05) is 28.9 Å². The van der Waals surface area contributed by atoms with Gasteiger partial charge in [0.05, 0.1) is 0 Å². The molecule has 0 radical (unpaired) electrons. The van der Waals surface area contributed by atoms with Crippen LogP contribution in [0.25, 0.3) is 0 Å². The van der Waals surface area contributed by atoms with E-state index >= 15 is 0 Å². The van der Waals surface area contributed by atoms with Gasteiger partial charge in [-0.15, -0.1) is 11.3 Å². The Balaban J connectivity index is 1.90. The topological polar surface area (TPSA) is 29.3 Å². The molecule has 2 nitrogen and oxygen atoms in total. The van der Waals surface area contributed by atoms with E-state index < -0.39 is 0 Å². The van der Waals surface area contributed by atoms with E-state index in [0.29, 0.717) is 6.54 Å². The maximum absolute atomic E-state index is 5.73. The molecular weight excluding hydrogens is 252 g/mol. The summed E-state index contributed by atoms with van der Waals surface area (Å²) < 4.78 is 0. The predicted molar refractivity (Wildman–Crippen MR) is 84.5 cm³/mol. The Bertz CT molecular complexity index is 391. The van der Waals surface area contributed by atoms with Crippen LogP contribution < -0.4 is 5.73 Å². The van der Waals surface area contributed by atoms with Gasteiger partial charge in [0.1, 0.15) is 0 Å². The Morgan fingerprint density at radius 1 is 1.32 bits per heavy atom. The summed E-state index contributed by atoms with van der Waals surface area (Å²) in [4.78, 5) is 5.31. The molecule has 0 bridgehead atoms. The zero-order valence-corrected chi connectivity index (χ0v) is 13.4. The maximum atomic E-state index is 5.73. The second kappa shape index (κ2) is 6.87. The molecule has 19 heavy (non-hydrogen) atoms. The summed E-state index contributed by atoms with van der Waals surface area (Å²) in [6, 6.07) is 3.08. The van der Waals surface area contributed by atoms with Crippen molar-refractivity contribution >= 4 is 11.3 Å². The van der Waals surface area contributed by atoms with Crippen molar-refractivity contribution in [1.82, 2.24) is 4.90 Å². The van der Waals surface area contributed by atoms with E-state index in [-0.39, 0.29) is 0 Å². The summed E-state index contributed by atoms with van der Waals surface area (Å²) >= 11 is 1.86. The molecule has 1 aromatic heterocycles. The van der Waals surface area contributed by atoms with Gasteiger partial charge < -0.3 is 5.73 Å².